The van der Waals surface area contributed by atoms with Gasteiger partial charge in [0.05, 0.1) is 21.8 Å². The van der Waals surface area contributed by atoms with Gasteiger partial charge in [0.1, 0.15) is 11.4 Å². The van der Waals surface area contributed by atoms with Crippen LogP contribution in [0.3, 0.4) is 0 Å². The lowest BCUT2D eigenvalue weighted by Gasteiger charge is -2.13. The van der Waals surface area contributed by atoms with Gasteiger partial charge < -0.3 is 10.5 Å². The zero-order valence-electron chi connectivity index (χ0n) is 11.2. The Balaban J connectivity index is 2.47. The van der Waals surface area contributed by atoms with Crippen molar-refractivity contribution >= 4 is 44.8 Å². The van der Waals surface area contributed by atoms with Crippen LogP contribution >= 0.6 is 39.1 Å². The van der Waals surface area contributed by atoms with E-state index in [0.29, 0.717) is 37.5 Å². The molecule has 1 aromatic carbocycles. The predicted octanol–water partition coefficient (Wildman–Crippen LogP) is 5.22. The molecule has 108 valence electrons. The van der Waals surface area contributed by atoms with E-state index in [0.717, 1.165) is 0 Å². The molecule has 0 bridgehead atoms. The summed E-state index contributed by atoms with van der Waals surface area (Å²) in [7, 11) is 0. The Labute approximate surface area is 135 Å². The van der Waals surface area contributed by atoms with Crippen molar-refractivity contribution < 1.29 is 4.74 Å². The van der Waals surface area contributed by atoms with Crippen molar-refractivity contribution in [1.82, 2.24) is 9.78 Å². The fourth-order valence-electron chi connectivity index (χ4n) is 1.68. The van der Waals surface area contributed by atoms with Crippen LogP contribution in [-0.4, -0.2) is 9.78 Å². The molecule has 0 aliphatic carbocycles. The monoisotopic (exact) mass is 377 g/mol. The number of halogens is 3. The molecule has 7 heteroatoms. The van der Waals surface area contributed by atoms with E-state index in [1.54, 1.807) is 16.8 Å². The third kappa shape index (κ3) is 2.90. The van der Waals surface area contributed by atoms with Gasteiger partial charge in [-0.15, -0.1) is 0 Å². The van der Waals surface area contributed by atoms with Crippen molar-refractivity contribution in [2.45, 2.75) is 26.8 Å². The normalized spacial score (nSPS) is 11.2. The fourth-order valence-corrected chi connectivity index (χ4v) is 2.51. The number of nitrogen functional groups attached to an aromatic ring is 1. The third-order valence-electron chi connectivity index (χ3n) is 2.76. The van der Waals surface area contributed by atoms with Crippen LogP contribution in [0.2, 0.25) is 10.0 Å². The maximum absolute atomic E-state index is 6.16. The van der Waals surface area contributed by atoms with E-state index in [1.807, 2.05) is 20.8 Å². The van der Waals surface area contributed by atoms with E-state index in [4.69, 9.17) is 33.7 Å². The molecule has 0 radical (unpaired) electrons. The molecule has 2 rings (SSSR count). The second-order valence-electron chi connectivity index (χ2n) is 4.64. The maximum atomic E-state index is 6.16. The molecule has 0 unspecified atom stereocenters. The summed E-state index contributed by atoms with van der Waals surface area (Å²) in [6, 6.07) is 3.43. The zero-order valence-corrected chi connectivity index (χ0v) is 14.3. The fraction of sp³-hybridized carbons (Fsp3) is 0.308. The second kappa shape index (κ2) is 5.84. The molecule has 0 saturated carbocycles. The molecule has 0 amide bonds. The lowest BCUT2D eigenvalue weighted by atomic mass is 10.3. The van der Waals surface area contributed by atoms with Gasteiger partial charge in [0.15, 0.2) is 0 Å². The van der Waals surface area contributed by atoms with Gasteiger partial charge in [0.25, 0.3) is 0 Å². The average molecular weight is 379 g/mol. The molecule has 0 fully saturated rings. The molecule has 0 atom stereocenters. The number of aryl methyl sites for hydroxylation is 1. The highest BCUT2D eigenvalue weighted by atomic mass is 79.9. The Kier molecular flexibility index (Phi) is 4.52. The van der Waals surface area contributed by atoms with E-state index < -0.39 is 0 Å². The number of ether oxygens (including phenoxy) is 1. The molecule has 1 aromatic heterocycles. The number of hydrogen-bond donors (Lipinski definition) is 1. The second-order valence-corrected chi connectivity index (χ2v) is 6.31. The van der Waals surface area contributed by atoms with Gasteiger partial charge in [0.2, 0.25) is 5.88 Å². The average Bonchev–Trinajstić information content (AvgIpc) is 2.64. The number of nitrogens with two attached hydrogens (primary N) is 1. The summed E-state index contributed by atoms with van der Waals surface area (Å²) in [5.74, 6) is 0.908. The molecule has 4 nitrogen and oxygen atoms in total. The number of aromatic nitrogens is 2. The lowest BCUT2D eigenvalue weighted by molar-refractivity contribution is 0.390. The van der Waals surface area contributed by atoms with Gasteiger partial charge in [-0.2, -0.15) is 5.10 Å². The Morgan fingerprint density at radius 3 is 2.55 bits per heavy atom. The molecular formula is C13H14BrCl2N3O. The first-order valence-corrected chi connectivity index (χ1v) is 7.53. The number of nitrogens with zero attached hydrogens (tertiary/aromatic N) is 2. The molecule has 0 aliphatic rings. The molecule has 2 aromatic rings. The quantitative estimate of drug-likeness (QED) is 0.745. The first-order chi connectivity index (χ1) is 9.31. The van der Waals surface area contributed by atoms with E-state index in [-0.39, 0.29) is 6.04 Å². The highest BCUT2D eigenvalue weighted by Crippen LogP contribution is 2.39. The number of anilines is 1. The predicted molar refractivity (Wildman–Crippen MR) is 86.0 cm³/mol. The molecule has 2 N–H and O–H groups in total. The molecule has 0 spiro atoms. The van der Waals surface area contributed by atoms with Crippen LogP contribution in [-0.2, 0) is 0 Å². The van der Waals surface area contributed by atoms with Crippen molar-refractivity contribution in [2.75, 3.05) is 5.73 Å². The van der Waals surface area contributed by atoms with Crippen LogP contribution in [0, 0.1) is 6.92 Å². The summed E-state index contributed by atoms with van der Waals surface area (Å²) in [5, 5.41) is 5.31. The third-order valence-corrected chi connectivity index (χ3v) is 4.25. The standard InChI is InChI=1S/C13H14BrCl2N3O/c1-6(2)19-13(12(17)7(3)18-19)20-11-5-9(15)8(14)4-10(11)16/h4-6H,17H2,1-3H3. The smallest absolute Gasteiger partial charge is 0.241 e. The van der Waals surface area contributed by atoms with Gasteiger partial charge in [-0.25, -0.2) is 4.68 Å². The van der Waals surface area contributed by atoms with Crippen LogP contribution in [0.1, 0.15) is 25.6 Å². The van der Waals surface area contributed by atoms with E-state index in [2.05, 4.69) is 21.0 Å². The molecule has 1 heterocycles. The van der Waals surface area contributed by atoms with Crippen LogP contribution in [0.25, 0.3) is 0 Å². The van der Waals surface area contributed by atoms with Crippen molar-refractivity contribution in [3.05, 3.63) is 32.3 Å². The number of hydrogen-bond acceptors (Lipinski definition) is 3. The van der Waals surface area contributed by atoms with Gasteiger partial charge in [-0.3, -0.25) is 0 Å². The van der Waals surface area contributed by atoms with Crippen molar-refractivity contribution in [3.63, 3.8) is 0 Å². The summed E-state index contributed by atoms with van der Waals surface area (Å²) in [4.78, 5) is 0. The topological polar surface area (TPSA) is 53.1 Å². The first kappa shape index (κ1) is 15.5. The van der Waals surface area contributed by atoms with Crippen LogP contribution in [0.15, 0.2) is 16.6 Å². The summed E-state index contributed by atoms with van der Waals surface area (Å²) in [6.45, 7) is 5.82. The summed E-state index contributed by atoms with van der Waals surface area (Å²) in [6.07, 6.45) is 0. The van der Waals surface area contributed by atoms with Crippen LogP contribution in [0.5, 0.6) is 11.6 Å². The summed E-state index contributed by atoms with van der Waals surface area (Å²) < 4.78 is 8.25. The van der Waals surface area contributed by atoms with E-state index >= 15 is 0 Å². The number of benzene rings is 1. The molecule has 0 aliphatic heterocycles. The minimum Gasteiger partial charge on any atom is -0.436 e. The Hall–Kier alpha value is -0.910. The van der Waals surface area contributed by atoms with Crippen molar-refractivity contribution in [1.29, 1.82) is 0 Å². The maximum Gasteiger partial charge on any atom is 0.241 e. The highest BCUT2D eigenvalue weighted by molar-refractivity contribution is 9.10. The van der Waals surface area contributed by atoms with Crippen molar-refractivity contribution in [3.8, 4) is 11.6 Å². The lowest BCUT2D eigenvalue weighted by Crippen LogP contribution is -2.05. The Morgan fingerprint density at radius 2 is 1.95 bits per heavy atom. The number of rotatable bonds is 3. The van der Waals surface area contributed by atoms with Crippen LogP contribution in [0.4, 0.5) is 5.69 Å². The van der Waals surface area contributed by atoms with E-state index in [1.165, 1.54) is 0 Å². The molecule has 20 heavy (non-hydrogen) atoms. The van der Waals surface area contributed by atoms with Gasteiger partial charge in [-0.05, 0) is 42.8 Å². The first-order valence-electron chi connectivity index (χ1n) is 5.98. The summed E-state index contributed by atoms with van der Waals surface area (Å²) in [5.41, 5.74) is 7.22. The van der Waals surface area contributed by atoms with Crippen molar-refractivity contribution in [2.24, 2.45) is 0 Å². The zero-order chi connectivity index (χ0) is 15.0. The van der Waals surface area contributed by atoms with Gasteiger partial charge in [-0.1, -0.05) is 23.2 Å². The van der Waals surface area contributed by atoms with Gasteiger partial charge in [0, 0.05) is 10.5 Å². The Bertz CT molecular complexity index is 656. The van der Waals surface area contributed by atoms with E-state index in [9.17, 15) is 0 Å². The largest absolute Gasteiger partial charge is 0.436 e. The minimum absolute atomic E-state index is 0.116. The Morgan fingerprint density at radius 1 is 1.30 bits per heavy atom. The van der Waals surface area contributed by atoms with Crippen LogP contribution < -0.4 is 10.5 Å². The minimum atomic E-state index is 0.116. The molecular weight excluding hydrogens is 365 g/mol. The SMILES string of the molecule is Cc1nn(C(C)C)c(Oc2cc(Cl)c(Br)cc2Cl)c1N. The van der Waals surface area contributed by atoms with Gasteiger partial charge >= 0.3 is 0 Å². The molecule has 0 saturated heterocycles. The summed E-state index contributed by atoms with van der Waals surface area (Å²) >= 11 is 15.5. The highest BCUT2D eigenvalue weighted by Gasteiger charge is 2.18.